The maximum atomic E-state index is 12.1. The average molecular weight is 365 g/mol. The number of aromatic nitrogens is 1. The van der Waals surface area contributed by atoms with Crippen LogP contribution in [0.5, 0.6) is 0 Å². The zero-order valence-corrected chi connectivity index (χ0v) is 15.7. The van der Waals surface area contributed by atoms with Crippen LogP contribution in [-0.4, -0.2) is 16.8 Å². The molecule has 0 saturated carbocycles. The highest BCUT2D eigenvalue weighted by atomic mass is 16.3. The smallest absolute Gasteiger partial charge is 0.269 e. The monoisotopic (exact) mass is 365 g/mol. The standard InChI is InChI=1S/C21H23N3O3/c1-21(2,3)15-10-8-14(9-11-15)20(26)24-23-18(25)12-13-19-22-16-6-4-5-7-17(16)27-19/h4-11H,12-13H2,1-3H3,(H,23,25)(H,24,26). The fraction of sp³-hybridized carbons (Fsp3) is 0.286. The van der Waals surface area contributed by atoms with E-state index in [0.29, 0.717) is 23.5 Å². The van der Waals surface area contributed by atoms with E-state index in [4.69, 9.17) is 4.42 Å². The minimum absolute atomic E-state index is 0.0217. The highest BCUT2D eigenvalue weighted by Gasteiger charge is 2.15. The Kier molecular flexibility index (Phi) is 5.26. The number of rotatable bonds is 4. The molecule has 0 aliphatic carbocycles. The molecule has 0 saturated heterocycles. The predicted octanol–water partition coefficient (Wildman–Crippen LogP) is 3.52. The van der Waals surface area contributed by atoms with E-state index in [0.717, 1.165) is 11.1 Å². The summed E-state index contributed by atoms with van der Waals surface area (Å²) >= 11 is 0. The van der Waals surface area contributed by atoms with E-state index >= 15 is 0 Å². The van der Waals surface area contributed by atoms with E-state index in [1.54, 1.807) is 12.1 Å². The van der Waals surface area contributed by atoms with E-state index in [-0.39, 0.29) is 23.7 Å². The molecular weight excluding hydrogens is 342 g/mol. The van der Waals surface area contributed by atoms with Crippen molar-refractivity contribution in [2.24, 2.45) is 0 Å². The molecule has 0 fully saturated rings. The van der Waals surface area contributed by atoms with Gasteiger partial charge in [0.05, 0.1) is 0 Å². The SMILES string of the molecule is CC(C)(C)c1ccc(C(=O)NNC(=O)CCc2nc3ccccc3o2)cc1. The molecule has 0 bridgehead atoms. The molecule has 0 aliphatic rings. The predicted molar refractivity (Wildman–Crippen MR) is 103 cm³/mol. The Balaban J connectivity index is 1.49. The molecule has 0 spiro atoms. The molecule has 140 valence electrons. The van der Waals surface area contributed by atoms with Gasteiger partial charge in [-0.05, 0) is 35.2 Å². The fourth-order valence-corrected chi connectivity index (χ4v) is 2.63. The van der Waals surface area contributed by atoms with Gasteiger partial charge < -0.3 is 4.42 Å². The fourth-order valence-electron chi connectivity index (χ4n) is 2.63. The number of aryl methyl sites for hydroxylation is 1. The van der Waals surface area contributed by atoms with Crippen molar-refractivity contribution in [1.82, 2.24) is 15.8 Å². The first-order valence-electron chi connectivity index (χ1n) is 8.87. The third-order valence-electron chi connectivity index (χ3n) is 4.23. The Labute approximate surface area is 157 Å². The molecule has 3 rings (SSSR count). The van der Waals surface area contributed by atoms with E-state index in [1.807, 2.05) is 36.4 Å². The second kappa shape index (κ2) is 7.61. The molecule has 2 aromatic carbocycles. The molecule has 2 amide bonds. The number of para-hydroxylation sites is 2. The van der Waals surface area contributed by atoms with E-state index in [1.165, 1.54) is 0 Å². The lowest BCUT2D eigenvalue weighted by atomic mass is 9.87. The summed E-state index contributed by atoms with van der Waals surface area (Å²) in [5.41, 5.74) is 7.96. The summed E-state index contributed by atoms with van der Waals surface area (Å²) < 4.78 is 5.57. The van der Waals surface area contributed by atoms with Crippen LogP contribution in [0.3, 0.4) is 0 Å². The zero-order chi connectivity index (χ0) is 19.4. The van der Waals surface area contributed by atoms with Gasteiger partial charge in [0.25, 0.3) is 5.91 Å². The number of hydrogen-bond acceptors (Lipinski definition) is 4. The third kappa shape index (κ3) is 4.73. The Morgan fingerprint density at radius 1 is 1.00 bits per heavy atom. The van der Waals surface area contributed by atoms with Crippen molar-refractivity contribution in [3.63, 3.8) is 0 Å². The maximum Gasteiger partial charge on any atom is 0.269 e. The topological polar surface area (TPSA) is 84.2 Å². The minimum atomic E-state index is -0.356. The largest absolute Gasteiger partial charge is 0.441 e. The van der Waals surface area contributed by atoms with Crippen LogP contribution in [0.4, 0.5) is 0 Å². The van der Waals surface area contributed by atoms with E-state index < -0.39 is 0 Å². The highest BCUT2D eigenvalue weighted by Crippen LogP contribution is 2.22. The van der Waals surface area contributed by atoms with Crippen LogP contribution in [0.25, 0.3) is 11.1 Å². The quantitative estimate of drug-likeness (QED) is 0.693. The number of nitrogens with one attached hydrogen (secondary N) is 2. The molecule has 6 nitrogen and oxygen atoms in total. The van der Waals surface area contributed by atoms with Crippen LogP contribution in [0.1, 0.15) is 49.0 Å². The lowest BCUT2D eigenvalue weighted by Gasteiger charge is -2.19. The Morgan fingerprint density at radius 2 is 1.70 bits per heavy atom. The summed E-state index contributed by atoms with van der Waals surface area (Å²) in [4.78, 5) is 28.4. The van der Waals surface area contributed by atoms with Gasteiger partial charge in [-0.25, -0.2) is 4.98 Å². The summed E-state index contributed by atoms with van der Waals surface area (Å²) in [5.74, 6) is -0.168. The first-order valence-corrected chi connectivity index (χ1v) is 8.87. The van der Waals surface area contributed by atoms with Gasteiger partial charge >= 0.3 is 0 Å². The van der Waals surface area contributed by atoms with Crippen LogP contribution >= 0.6 is 0 Å². The number of oxazole rings is 1. The zero-order valence-electron chi connectivity index (χ0n) is 15.7. The normalized spacial score (nSPS) is 11.4. The van der Waals surface area contributed by atoms with Crippen LogP contribution in [0.15, 0.2) is 52.9 Å². The number of nitrogens with zero attached hydrogens (tertiary/aromatic N) is 1. The van der Waals surface area contributed by atoms with Crippen LogP contribution < -0.4 is 10.9 Å². The second-order valence-electron chi connectivity index (χ2n) is 7.40. The number of hydrazine groups is 1. The summed E-state index contributed by atoms with van der Waals surface area (Å²) in [6.45, 7) is 6.33. The van der Waals surface area contributed by atoms with Crippen LogP contribution in [0.2, 0.25) is 0 Å². The molecule has 0 aliphatic heterocycles. The van der Waals surface area contributed by atoms with Gasteiger partial charge in [0, 0.05) is 18.4 Å². The van der Waals surface area contributed by atoms with Gasteiger partial charge in [0.15, 0.2) is 11.5 Å². The Bertz CT molecular complexity index is 920. The van der Waals surface area contributed by atoms with Crippen LogP contribution in [0, 0.1) is 0 Å². The van der Waals surface area contributed by atoms with Crippen molar-refractivity contribution in [3.8, 4) is 0 Å². The molecule has 1 aromatic heterocycles. The third-order valence-corrected chi connectivity index (χ3v) is 4.23. The van der Waals surface area contributed by atoms with Crippen molar-refractivity contribution in [2.75, 3.05) is 0 Å². The van der Waals surface area contributed by atoms with Gasteiger partial charge in [0.2, 0.25) is 5.91 Å². The lowest BCUT2D eigenvalue weighted by Crippen LogP contribution is -2.41. The molecule has 3 aromatic rings. The van der Waals surface area contributed by atoms with Crippen molar-refractivity contribution >= 4 is 22.9 Å². The summed E-state index contributed by atoms with van der Waals surface area (Å²) in [6.07, 6.45) is 0.521. The summed E-state index contributed by atoms with van der Waals surface area (Å²) in [5, 5.41) is 0. The van der Waals surface area contributed by atoms with Crippen molar-refractivity contribution in [1.29, 1.82) is 0 Å². The molecular formula is C21H23N3O3. The molecule has 2 N–H and O–H groups in total. The van der Waals surface area contributed by atoms with Gasteiger partial charge in [-0.3, -0.25) is 20.4 Å². The molecule has 0 unspecified atom stereocenters. The van der Waals surface area contributed by atoms with Crippen molar-refractivity contribution < 1.29 is 14.0 Å². The number of hydrogen-bond donors (Lipinski definition) is 2. The number of carbonyl (C=O) groups is 2. The Hall–Kier alpha value is -3.15. The molecule has 6 heteroatoms. The number of fused-ring (bicyclic) bond motifs is 1. The van der Waals surface area contributed by atoms with Crippen LogP contribution in [-0.2, 0) is 16.6 Å². The number of benzene rings is 2. The highest BCUT2D eigenvalue weighted by molar-refractivity contribution is 5.95. The maximum absolute atomic E-state index is 12.1. The van der Waals surface area contributed by atoms with Gasteiger partial charge in [-0.15, -0.1) is 0 Å². The second-order valence-corrected chi connectivity index (χ2v) is 7.40. The summed E-state index contributed by atoms with van der Waals surface area (Å²) in [7, 11) is 0. The average Bonchev–Trinajstić information content (AvgIpc) is 3.07. The first kappa shape index (κ1) is 18.6. The van der Waals surface area contributed by atoms with Gasteiger partial charge in [-0.2, -0.15) is 0 Å². The Morgan fingerprint density at radius 3 is 2.37 bits per heavy atom. The molecule has 0 atom stereocenters. The van der Waals surface area contributed by atoms with Crippen molar-refractivity contribution in [3.05, 3.63) is 65.5 Å². The van der Waals surface area contributed by atoms with Crippen molar-refractivity contribution in [2.45, 2.75) is 39.0 Å². The van der Waals surface area contributed by atoms with E-state index in [2.05, 4.69) is 36.6 Å². The molecule has 27 heavy (non-hydrogen) atoms. The van der Waals surface area contributed by atoms with Gasteiger partial charge in [0.1, 0.15) is 5.52 Å². The number of amides is 2. The van der Waals surface area contributed by atoms with E-state index in [9.17, 15) is 9.59 Å². The lowest BCUT2D eigenvalue weighted by molar-refractivity contribution is -0.121. The van der Waals surface area contributed by atoms with Gasteiger partial charge in [-0.1, -0.05) is 45.0 Å². The minimum Gasteiger partial charge on any atom is -0.441 e. The molecule has 1 heterocycles. The first-order chi connectivity index (χ1) is 12.8. The number of carbonyl (C=O) groups excluding carboxylic acids is 2. The summed E-state index contributed by atoms with van der Waals surface area (Å²) in [6, 6.07) is 14.8. The molecule has 0 radical (unpaired) electrons.